The highest BCUT2D eigenvalue weighted by atomic mass is 79.9. The van der Waals surface area contributed by atoms with Gasteiger partial charge in [0, 0.05) is 17.0 Å². The number of benzene rings is 2. The first-order valence-electron chi connectivity index (χ1n) is 20.4. The van der Waals surface area contributed by atoms with Crippen molar-refractivity contribution in [3.05, 3.63) is 74.6 Å². The Balaban J connectivity index is 0.932. The SMILES string of the molecule is Cc1oc2cc(OCC(=O)O[C@@H]3CC[C@@]4(C)C(=CC[C@@H]5[C@@H]6CC[C@H]([C@H](C)CCCC(C)C)C[C@@]6(C)CC[C@@H]54)C3)ccc2c(=O)c1Oc1ccc(Br)cc1. The summed E-state index contributed by atoms with van der Waals surface area (Å²) in [5.41, 5.74) is 2.32. The fraction of sp³-hybridized carbons (Fsp3) is 0.609. The van der Waals surface area contributed by atoms with Gasteiger partial charge >= 0.3 is 5.97 Å². The molecule has 4 aliphatic rings. The average Bonchev–Trinajstić information content (AvgIpc) is 3.12. The number of esters is 1. The van der Waals surface area contributed by atoms with Crippen molar-refractivity contribution < 1.29 is 23.4 Å². The zero-order valence-corrected chi connectivity index (χ0v) is 34.3. The lowest BCUT2D eigenvalue weighted by atomic mass is 9.44. The Bertz CT molecular complexity index is 1880. The maximum absolute atomic E-state index is 13.3. The molecule has 7 heteroatoms. The maximum Gasteiger partial charge on any atom is 0.344 e. The molecule has 1 heterocycles. The number of carbonyl (C=O) groups excluding carboxylic acids is 1. The Hall–Kier alpha value is -3.06. The van der Waals surface area contributed by atoms with Crippen molar-refractivity contribution in [2.75, 3.05) is 6.61 Å². The Morgan fingerprint density at radius 1 is 0.962 bits per heavy atom. The third-order valence-electron chi connectivity index (χ3n) is 14.1. The molecule has 53 heavy (non-hydrogen) atoms. The van der Waals surface area contributed by atoms with E-state index < -0.39 is 0 Å². The molecular weight excluding hydrogens is 728 g/mol. The van der Waals surface area contributed by atoms with Gasteiger partial charge in [0.25, 0.3) is 0 Å². The van der Waals surface area contributed by atoms with Crippen molar-refractivity contribution in [1.29, 1.82) is 0 Å². The van der Waals surface area contributed by atoms with Crippen LogP contribution in [0.5, 0.6) is 17.2 Å². The molecule has 0 radical (unpaired) electrons. The zero-order valence-electron chi connectivity index (χ0n) is 32.7. The molecule has 3 saturated carbocycles. The highest BCUT2D eigenvalue weighted by Crippen LogP contribution is 2.65. The molecule has 7 rings (SSSR count). The van der Waals surface area contributed by atoms with Gasteiger partial charge in [0.05, 0.1) is 5.39 Å². The summed E-state index contributed by atoms with van der Waals surface area (Å²) in [5, 5.41) is 0.378. The molecule has 8 atom stereocenters. The van der Waals surface area contributed by atoms with Gasteiger partial charge in [0.15, 0.2) is 6.61 Å². The highest BCUT2D eigenvalue weighted by molar-refractivity contribution is 9.10. The summed E-state index contributed by atoms with van der Waals surface area (Å²) >= 11 is 3.41. The van der Waals surface area contributed by atoms with Crippen LogP contribution in [0.1, 0.15) is 117 Å². The van der Waals surface area contributed by atoms with Gasteiger partial charge in [-0.2, -0.15) is 0 Å². The van der Waals surface area contributed by atoms with Gasteiger partial charge in [-0.05, 0) is 141 Å². The van der Waals surface area contributed by atoms with Gasteiger partial charge in [-0.1, -0.05) is 81.5 Å². The number of carbonyl (C=O) groups is 1. The second-order valence-electron chi connectivity index (χ2n) is 18.0. The number of hydrogen-bond donors (Lipinski definition) is 0. The molecule has 0 spiro atoms. The molecule has 0 N–H and O–H groups in total. The number of allylic oxidation sites excluding steroid dienone is 1. The molecule has 4 aliphatic carbocycles. The van der Waals surface area contributed by atoms with Crippen molar-refractivity contribution in [1.82, 2.24) is 0 Å². The van der Waals surface area contributed by atoms with Crippen molar-refractivity contribution in [3.8, 4) is 17.2 Å². The van der Waals surface area contributed by atoms with Crippen LogP contribution in [0.25, 0.3) is 11.0 Å². The first-order valence-corrected chi connectivity index (χ1v) is 21.1. The van der Waals surface area contributed by atoms with Crippen LogP contribution in [0.3, 0.4) is 0 Å². The monoisotopic (exact) mass is 786 g/mol. The predicted octanol–water partition coefficient (Wildman–Crippen LogP) is 12.4. The Kier molecular flexibility index (Phi) is 11.2. The third kappa shape index (κ3) is 8.02. The van der Waals surface area contributed by atoms with E-state index in [0.717, 1.165) is 59.2 Å². The predicted molar refractivity (Wildman–Crippen MR) is 214 cm³/mol. The summed E-state index contributed by atoms with van der Waals surface area (Å²) in [6.45, 7) is 13.9. The second-order valence-corrected chi connectivity index (χ2v) is 18.9. The van der Waals surface area contributed by atoms with Gasteiger partial charge in [-0.25, -0.2) is 4.79 Å². The summed E-state index contributed by atoms with van der Waals surface area (Å²) < 4.78 is 24.6. The first kappa shape index (κ1) is 38.2. The minimum atomic E-state index is -0.368. The normalized spacial score (nSPS) is 30.1. The van der Waals surface area contributed by atoms with E-state index in [0.29, 0.717) is 33.6 Å². The summed E-state index contributed by atoms with van der Waals surface area (Å²) in [4.78, 5) is 26.3. The van der Waals surface area contributed by atoms with Crippen LogP contribution in [0.4, 0.5) is 0 Å². The Labute approximate surface area is 324 Å². The minimum absolute atomic E-state index is 0.120. The van der Waals surface area contributed by atoms with Gasteiger partial charge in [0.2, 0.25) is 11.2 Å². The standard InChI is InChI=1S/C46H59BrO6/c1-28(2)8-7-9-29(3)31-10-19-39-37-17-11-32-24-36(20-23-46(32,6)40(37)21-22-45(39,5)26-31)52-42(48)27-50-35-16-18-38-41(25-35)51-30(4)44(43(38)49)53-34-14-12-33(47)13-15-34/h11-16,18,25,28-29,31,36-37,39-40H,7-10,17,19-24,26-27H2,1-6H3/t29-,31+,36-,37-,39+,40+,45-,46+/m1/s1. The lowest BCUT2D eigenvalue weighted by molar-refractivity contribution is -0.154. The van der Waals surface area contributed by atoms with Gasteiger partial charge in [-0.15, -0.1) is 0 Å². The summed E-state index contributed by atoms with van der Waals surface area (Å²) in [7, 11) is 0. The van der Waals surface area contributed by atoms with Gasteiger partial charge in [-0.3, -0.25) is 4.79 Å². The first-order chi connectivity index (χ1) is 25.3. The van der Waals surface area contributed by atoms with E-state index >= 15 is 0 Å². The lowest BCUT2D eigenvalue weighted by Gasteiger charge is -2.61. The van der Waals surface area contributed by atoms with Crippen molar-refractivity contribution in [2.45, 2.75) is 125 Å². The number of fused-ring (bicyclic) bond motifs is 6. The molecule has 0 saturated heterocycles. The molecule has 6 nitrogen and oxygen atoms in total. The molecule has 1 aromatic heterocycles. The molecule has 0 amide bonds. The molecule has 2 aromatic carbocycles. The van der Waals surface area contributed by atoms with Crippen LogP contribution in [0.15, 0.2) is 67.8 Å². The molecule has 0 unspecified atom stereocenters. The van der Waals surface area contributed by atoms with E-state index in [-0.39, 0.29) is 35.3 Å². The van der Waals surface area contributed by atoms with Crippen molar-refractivity contribution in [3.63, 3.8) is 0 Å². The number of aryl methyl sites for hydroxylation is 1. The topological polar surface area (TPSA) is 75.0 Å². The molecule has 3 fully saturated rings. The smallest absolute Gasteiger partial charge is 0.344 e. The number of hydrogen-bond acceptors (Lipinski definition) is 6. The van der Waals surface area contributed by atoms with Crippen LogP contribution < -0.4 is 14.9 Å². The fourth-order valence-corrected chi connectivity index (χ4v) is 11.3. The summed E-state index contributed by atoms with van der Waals surface area (Å²) in [6.07, 6.45) is 17.5. The number of ether oxygens (including phenoxy) is 3. The molecule has 3 aromatic rings. The van der Waals surface area contributed by atoms with E-state index in [1.54, 1.807) is 37.3 Å². The molecular formula is C46H59BrO6. The third-order valence-corrected chi connectivity index (χ3v) is 14.6. The highest BCUT2D eigenvalue weighted by Gasteiger charge is 2.56. The minimum Gasteiger partial charge on any atom is -0.482 e. The zero-order chi connectivity index (χ0) is 37.5. The van der Waals surface area contributed by atoms with E-state index in [4.69, 9.17) is 18.6 Å². The largest absolute Gasteiger partial charge is 0.482 e. The van der Waals surface area contributed by atoms with Crippen LogP contribution in [-0.2, 0) is 9.53 Å². The van der Waals surface area contributed by atoms with E-state index in [2.05, 4.69) is 56.6 Å². The second kappa shape index (κ2) is 15.6. The lowest BCUT2D eigenvalue weighted by Crippen LogP contribution is -2.52. The Morgan fingerprint density at radius 3 is 2.51 bits per heavy atom. The van der Waals surface area contributed by atoms with Crippen molar-refractivity contribution >= 4 is 32.9 Å². The Morgan fingerprint density at radius 2 is 1.74 bits per heavy atom. The number of halogens is 1. The molecule has 286 valence electrons. The van der Waals surface area contributed by atoms with Crippen LogP contribution in [0.2, 0.25) is 0 Å². The molecule has 0 aliphatic heterocycles. The van der Waals surface area contributed by atoms with Gasteiger partial charge in [0.1, 0.15) is 28.9 Å². The van der Waals surface area contributed by atoms with Crippen LogP contribution in [-0.4, -0.2) is 18.7 Å². The van der Waals surface area contributed by atoms with Gasteiger partial charge < -0.3 is 18.6 Å². The van der Waals surface area contributed by atoms with E-state index in [1.807, 2.05) is 12.1 Å². The fourth-order valence-electron chi connectivity index (χ4n) is 11.1. The average molecular weight is 788 g/mol. The van der Waals surface area contributed by atoms with Crippen LogP contribution in [0, 0.1) is 53.3 Å². The van der Waals surface area contributed by atoms with E-state index in [9.17, 15) is 9.59 Å². The summed E-state index contributed by atoms with van der Waals surface area (Å²) in [6, 6.07) is 12.2. The van der Waals surface area contributed by atoms with E-state index in [1.165, 1.54) is 63.4 Å². The summed E-state index contributed by atoms with van der Waals surface area (Å²) in [5.74, 6) is 6.03. The molecule has 0 bridgehead atoms. The maximum atomic E-state index is 13.3. The number of rotatable bonds is 11. The van der Waals surface area contributed by atoms with Crippen LogP contribution >= 0.6 is 15.9 Å². The van der Waals surface area contributed by atoms with Crippen molar-refractivity contribution in [2.24, 2.45) is 46.3 Å². The quantitative estimate of drug-likeness (QED) is 0.142.